The molecule has 1 aliphatic heterocycles. The van der Waals surface area contributed by atoms with Gasteiger partial charge in [0.15, 0.2) is 0 Å². The molecule has 0 amide bonds. The summed E-state index contributed by atoms with van der Waals surface area (Å²) in [4.78, 5) is 0. The van der Waals surface area contributed by atoms with E-state index in [2.05, 4.69) is 18.3 Å². The lowest BCUT2D eigenvalue weighted by atomic mass is 10.2. The Morgan fingerprint density at radius 2 is 2.43 bits per heavy atom. The number of aryl methyl sites for hydroxylation is 1. The Hall–Kier alpha value is -0.410. The van der Waals surface area contributed by atoms with Crippen LogP contribution in [0.15, 0.2) is 16.5 Å². The Balaban J connectivity index is 1.91. The van der Waals surface area contributed by atoms with Crippen LogP contribution in [0, 0.1) is 6.92 Å². The van der Waals surface area contributed by atoms with Crippen LogP contribution in [0.25, 0.3) is 0 Å². The summed E-state index contributed by atoms with van der Waals surface area (Å²) in [5.41, 5.74) is 0. The van der Waals surface area contributed by atoms with Crippen LogP contribution in [-0.4, -0.2) is 17.5 Å². The van der Waals surface area contributed by atoms with Crippen molar-refractivity contribution in [3.8, 4) is 0 Å². The molecule has 0 saturated carbocycles. The lowest BCUT2D eigenvalue weighted by molar-refractivity contribution is 0.391. The normalized spacial score (nSPS) is 24.0. The molecule has 2 heterocycles. The Morgan fingerprint density at radius 1 is 1.57 bits per heavy atom. The van der Waals surface area contributed by atoms with E-state index in [4.69, 9.17) is 4.42 Å². The number of hydrogen-bond donors (Lipinski definition) is 1. The quantitative estimate of drug-likeness (QED) is 0.832. The summed E-state index contributed by atoms with van der Waals surface area (Å²) in [5, 5.41) is 3.59. The van der Waals surface area contributed by atoms with Gasteiger partial charge in [-0.3, -0.25) is 0 Å². The maximum Gasteiger partial charge on any atom is 0.120 e. The van der Waals surface area contributed by atoms with Gasteiger partial charge < -0.3 is 9.73 Å². The Kier molecular flexibility index (Phi) is 3.19. The maximum absolute atomic E-state index is 5.59. The van der Waals surface area contributed by atoms with E-state index in [1.54, 1.807) is 0 Å². The maximum atomic E-state index is 5.59. The third-order valence-electron chi connectivity index (χ3n) is 2.60. The van der Waals surface area contributed by atoms with Crippen molar-refractivity contribution in [2.75, 3.05) is 11.5 Å². The highest BCUT2D eigenvalue weighted by molar-refractivity contribution is 7.99. The van der Waals surface area contributed by atoms with E-state index in [-0.39, 0.29) is 0 Å². The van der Waals surface area contributed by atoms with E-state index in [0.29, 0.717) is 12.1 Å². The van der Waals surface area contributed by atoms with Gasteiger partial charge in [0.1, 0.15) is 11.5 Å². The zero-order valence-corrected chi connectivity index (χ0v) is 9.56. The standard InChI is InChI=1S/C11H17NOS/c1-8-3-4-11(13-8)9(2)12-10-5-6-14-7-10/h3-4,9-10,12H,5-7H2,1-2H3. The SMILES string of the molecule is Cc1ccc(C(C)NC2CCSC2)o1. The molecular weight excluding hydrogens is 194 g/mol. The Labute approximate surface area is 89.4 Å². The predicted octanol–water partition coefficient (Wildman–Crippen LogP) is 2.74. The molecular formula is C11H17NOS. The second kappa shape index (κ2) is 4.41. The van der Waals surface area contributed by atoms with Gasteiger partial charge in [0, 0.05) is 11.8 Å². The molecule has 1 aromatic rings. The lowest BCUT2D eigenvalue weighted by Crippen LogP contribution is -2.30. The summed E-state index contributed by atoms with van der Waals surface area (Å²) in [5.74, 6) is 4.58. The number of hydrogen-bond acceptors (Lipinski definition) is 3. The average Bonchev–Trinajstić information content (AvgIpc) is 2.75. The minimum atomic E-state index is 0.340. The van der Waals surface area contributed by atoms with Crippen molar-refractivity contribution < 1.29 is 4.42 Å². The van der Waals surface area contributed by atoms with Crippen LogP contribution in [0.1, 0.15) is 30.9 Å². The fourth-order valence-electron chi connectivity index (χ4n) is 1.79. The molecule has 1 aliphatic rings. The number of thioether (sulfide) groups is 1. The lowest BCUT2D eigenvalue weighted by Gasteiger charge is -2.16. The van der Waals surface area contributed by atoms with Gasteiger partial charge in [-0.1, -0.05) is 0 Å². The zero-order valence-electron chi connectivity index (χ0n) is 8.75. The van der Waals surface area contributed by atoms with Crippen LogP contribution in [-0.2, 0) is 0 Å². The highest BCUT2D eigenvalue weighted by atomic mass is 32.2. The fourth-order valence-corrected chi connectivity index (χ4v) is 2.95. The molecule has 3 heteroatoms. The Bertz CT molecular complexity index is 291. The molecule has 1 N–H and O–H groups in total. The predicted molar refractivity (Wildman–Crippen MR) is 60.7 cm³/mol. The van der Waals surface area contributed by atoms with E-state index < -0.39 is 0 Å². The van der Waals surface area contributed by atoms with Gasteiger partial charge in [-0.05, 0) is 38.2 Å². The van der Waals surface area contributed by atoms with E-state index in [9.17, 15) is 0 Å². The van der Waals surface area contributed by atoms with Crippen molar-refractivity contribution >= 4 is 11.8 Å². The second-order valence-electron chi connectivity index (χ2n) is 3.90. The molecule has 78 valence electrons. The molecule has 1 fully saturated rings. The number of furan rings is 1. The summed E-state index contributed by atoms with van der Waals surface area (Å²) in [6.45, 7) is 4.16. The largest absolute Gasteiger partial charge is 0.465 e. The molecule has 1 aromatic heterocycles. The molecule has 2 atom stereocenters. The first-order valence-electron chi connectivity index (χ1n) is 5.16. The van der Waals surface area contributed by atoms with E-state index in [0.717, 1.165) is 11.5 Å². The van der Waals surface area contributed by atoms with Gasteiger partial charge >= 0.3 is 0 Å². The molecule has 0 bridgehead atoms. The van der Waals surface area contributed by atoms with Crippen molar-refractivity contribution in [3.63, 3.8) is 0 Å². The summed E-state index contributed by atoms with van der Waals surface area (Å²) in [6, 6.07) is 5.10. The molecule has 0 radical (unpaired) electrons. The number of rotatable bonds is 3. The molecule has 0 aromatic carbocycles. The molecule has 1 saturated heterocycles. The van der Waals surface area contributed by atoms with Crippen molar-refractivity contribution in [1.82, 2.24) is 5.32 Å². The highest BCUT2D eigenvalue weighted by Gasteiger charge is 2.19. The zero-order chi connectivity index (χ0) is 9.97. The molecule has 0 spiro atoms. The van der Waals surface area contributed by atoms with Crippen LogP contribution in [0.3, 0.4) is 0 Å². The third-order valence-corrected chi connectivity index (χ3v) is 3.77. The van der Waals surface area contributed by atoms with Gasteiger partial charge in [0.05, 0.1) is 6.04 Å². The first kappa shape index (κ1) is 10.1. The summed E-state index contributed by atoms with van der Waals surface area (Å²) in [6.07, 6.45) is 1.29. The van der Waals surface area contributed by atoms with Crippen LogP contribution in [0.5, 0.6) is 0 Å². The minimum Gasteiger partial charge on any atom is -0.465 e. The minimum absolute atomic E-state index is 0.340. The first-order chi connectivity index (χ1) is 6.75. The second-order valence-corrected chi connectivity index (χ2v) is 5.05. The van der Waals surface area contributed by atoms with Crippen molar-refractivity contribution in [2.24, 2.45) is 0 Å². The smallest absolute Gasteiger partial charge is 0.120 e. The first-order valence-corrected chi connectivity index (χ1v) is 6.31. The number of nitrogens with one attached hydrogen (secondary N) is 1. The molecule has 2 rings (SSSR count). The van der Waals surface area contributed by atoms with Gasteiger partial charge in [-0.15, -0.1) is 0 Å². The van der Waals surface area contributed by atoms with Gasteiger partial charge in [0.2, 0.25) is 0 Å². The van der Waals surface area contributed by atoms with E-state index in [1.807, 2.05) is 24.8 Å². The highest BCUT2D eigenvalue weighted by Crippen LogP contribution is 2.22. The third kappa shape index (κ3) is 2.34. The van der Waals surface area contributed by atoms with Crippen molar-refractivity contribution in [3.05, 3.63) is 23.7 Å². The average molecular weight is 211 g/mol. The van der Waals surface area contributed by atoms with E-state index >= 15 is 0 Å². The van der Waals surface area contributed by atoms with Gasteiger partial charge in [0.25, 0.3) is 0 Å². The monoisotopic (exact) mass is 211 g/mol. The van der Waals surface area contributed by atoms with Crippen molar-refractivity contribution in [1.29, 1.82) is 0 Å². The van der Waals surface area contributed by atoms with Crippen LogP contribution in [0.2, 0.25) is 0 Å². The summed E-state index contributed by atoms with van der Waals surface area (Å²) in [7, 11) is 0. The Morgan fingerprint density at radius 3 is 3.00 bits per heavy atom. The van der Waals surface area contributed by atoms with Gasteiger partial charge in [-0.2, -0.15) is 11.8 Å². The molecule has 2 nitrogen and oxygen atoms in total. The van der Waals surface area contributed by atoms with E-state index in [1.165, 1.54) is 17.9 Å². The van der Waals surface area contributed by atoms with Crippen LogP contribution >= 0.6 is 11.8 Å². The fraction of sp³-hybridized carbons (Fsp3) is 0.636. The van der Waals surface area contributed by atoms with Crippen molar-refractivity contribution in [2.45, 2.75) is 32.4 Å². The topological polar surface area (TPSA) is 25.2 Å². The summed E-state index contributed by atoms with van der Waals surface area (Å²) >= 11 is 2.03. The van der Waals surface area contributed by atoms with Gasteiger partial charge in [-0.25, -0.2) is 0 Å². The summed E-state index contributed by atoms with van der Waals surface area (Å²) < 4.78 is 5.59. The molecule has 0 aliphatic carbocycles. The van der Waals surface area contributed by atoms with Crippen LogP contribution < -0.4 is 5.32 Å². The molecule has 2 unspecified atom stereocenters. The van der Waals surface area contributed by atoms with Crippen LogP contribution in [0.4, 0.5) is 0 Å². The molecule has 14 heavy (non-hydrogen) atoms.